The summed E-state index contributed by atoms with van der Waals surface area (Å²) in [6.45, 7) is 8.34. The van der Waals surface area contributed by atoms with Gasteiger partial charge < -0.3 is 5.32 Å². The first-order valence-electron chi connectivity index (χ1n) is 9.34. The average molecular weight is 330 g/mol. The fraction of sp³-hybridized carbons (Fsp3) is 0.304. The largest absolute Gasteiger partial charge is 0.314 e. The minimum absolute atomic E-state index is 0.453. The van der Waals surface area contributed by atoms with E-state index in [9.17, 15) is 0 Å². The van der Waals surface area contributed by atoms with Crippen molar-refractivity contribution in [1.29, 1.82) is 0 Å². The highest BCUT2D eigenvalue weighted by Gasteiger charge is 2.23. The van der Waals surface area contributed by atoms with Crippen LogP contribution in [0, 0.1) is 0 Å². The van der Waals surface area contributed by atoms with Crippen LogP contribution >= 0.6 is 0 Å². The van der Waals surface area contributed by atoms with Gasteiger partial charge in [0.25, 0.3) is 0 Å². The van der Waals surface area contributed by atoms with Crippen molar-refractivity contribution in [3.8, 4) is 0 Å². The fourth-order valence-corrected chi connectivity index (χ4v) is 4.16. The number of hydrogen-bond donors (Lipinski definition) is 1. The number of nitrogens with zero attached hydrogens (tertiary/aromatic N) is 1. The van der Waals surface area contributed by atoms with E-state index in [-0.39, 0.29) is 0 Å². The summed E-state index contributed by atoms with van der Waals surface area (Å²) < 4.78 is 0. The lowest BCUT2D eigenvalue weighted by Gasteiger charge is -2.36. The van der Waals surface area contributed by atoms with Crippen molar-refractivity contribution in [3.05, 3.63) is 72.8 Å². The Balaban J connectivity index is 1.89. The maximum Gasteiger partial charge on any atom is 0.0358 e. The number of benzene rings is 3. The molecule has 4 rings (SSSR count). The molecule has 0 aromatic heterocycles. The second-order valence-corrected chi connectivity index (χ2v) is 6.90. The lowest BCUT2D eigenvalue weighted by atomic mass is 9.90. The van der Waals surface area contributed by atoms with E-state index in [1.54, 1.807) is 0 Å². The zero-order valence-corrected chi connectivity index (χ0v) is 14.7. The third-order valence-corrected chi connectivity index (χ3v) is 5.40. The summed E-state index contributed by atoms with van der Waals surface area (Å²) in [4.78, 5) is 2.65. The standard InChI is InChI=1S/C23H26N2/c1-2-3-12-23(25-15-13-24-14-16-25)22-17-18-8-4-5-9-19(18)20-10-6-7-11-21(20)22/h2,4-11,17,23-24H,1,3,12-16H2/t23-/m0/s1. The molecule has 0 amide bonds. The third kappa shape index (κ3) is 3.20. The molecule has 1 N–H and O–H groups in total. The van der Waals surface area contributed by atoms with E-state index in [1.165, 1.54) is 27.1 Å². The van der Waals surface area contributed by atoms with Crippen LogP contribution in [-0.2, 0) is 0 Å². The number of piperazine rings is 1. The van der Waals surface area contributed by atoms with Gasteiger partial charge in [-0.15, -0.1) is 6.58 Å². The van der Waals surface area contributed by atoms with Crippen LogP contribution in [0.1, 0.15) is 24.4 Å². The number of nitrogens with one attached hydrogen (secondary N) is 1. The Bertz CT molecular complexity index is 878. The molecular formula is C23H26N2. The van der Waals surface area contributed by atoms with Gasteiger partial charge in [-0.05, 0) is 46.0 Å². The van der Waals surface area contributed by atoms with Gasteiger partial charge in [-0.25, -0.2) is 0 Å². The molecule has 1 saturated heterocycles. The second-order valence-electron chi connectivity index (χ2n) is 6.90. The summed E-state index contributed by atoms with van der Waals surface area (Å²) in [5.41, 5.74) is 1.47. The molecule has 25 heavy (non-hydrogen) atoms. The van der Waals surface area contributed by atoms with Crippen molar-refractivity contribution in [2.24, 2.45) is 0 Å². The summed E-state index contributed by atoms with van der Waals surface area (Å²) in [5.74, 6) is 0. The van der Waals surface area contributed by atoms with Crippen molar-refractivity contribution in [2.45, 2.75) is 18.9 Å². The first-order valence-corrected chi connectivity index (χ1v) is 9.34. The third-order valence-electron chi connectivity index (χ3n) is 5.40. The van der Waals surface area contributed by atoms with Gasteiger partial charge in [0.2, 0.25) is 0 Å². The Labute approximate surface area is 150 Å². The lowest BCUT2D eigenvalue weighted by molar-refractivity contribution is 0.167. The van der Waals surface area contributed by atoms with Crippen LogP contribution in [-0.4, -0.2) is 31.1 Å². The average Bonchev–Trinajstić information content (AvgIpc) is 2.69. The van der Waals surface area contributed by atoms with Crippen LogP contribution in [0.5, 0.6) is 0 Å². The van der Waals surface area contributed by atoms with Gasteiger partial charge in [0.05, 0.1) is 0 Å². The lowest BCUT2D eigenvalue weighted by Crippen LogP contribution is -2.45. The predicted molar refractivity (Wildman–Crippen MR) is 108 cm³/mol. The molecule has 1 fully saturated rings. The van der Waals surface area contributed by atoms with Gasteiger partial charge in [0.1, 0.15) is 0 Å². The second kappa shape index (κ2) is 7.38. The Kier molecular flexibility index (Phi) is 4.82. The molecule has 2 heteroatoms. The van der Waals surface area contributed by atoms with Crippen LogP contribution in [0.25, 0.3) is 21.5 Å². The maximum atomic E-state index is 3.95. The Morgan fingerprint density at radius 3 is 2.40 bits per heavy atom. The number of allylic oxidation sites excluding steroid dienone is 1. The Morgan fingerprint density at radius 1 is 0.960 bits per heavy atom. The maximum absolute atomic E-state index is 3.95. The molecule has 0 unspecified atom stereocenters. The Morgan fingerprint density at radius 2 is 1.64 bits per heavy atom. The smallest absolute Gasteiger partial charge is 0.0358 e. The molecule has 0 bridgehead atoms. The van der Waals surface area contributed by atoms with Crippen molar-refractivity contribution in [3.63, 3.8) is 0 Å². The van der Waals surface area contributed by atoms with Crippen molar-refractivity contribution in [2.75, 3.05) is 26.2 Å². The van der Waals surface area contributed by atoms with Gasteiger partial charge >= 0.3 is 0 Å². The number of hydrogen-bond acceptors (Lipinski definition) is 2. The molecule has 3 aromatic carbocycles. The van der Waals surface area contributed by atoms with E-state index in [1.807, 2.05) is 0 Å². The highest BCUT2D eigenvalue weighted by Crippen LogP contribution is 2.36. The van der Waals surface area contributed by atoms with Crippen molar-refractivity contribution < 1.29 is 0 Å². The van der Waals surface area contributed by atoms with Gasteiger partial charge in [-0.2, -0.15) is 0 Å². The topological polar surface area (TPSA) is 15.3 Å². The molecule has 3 aromatic rings. The summed E-state index contributed by atoms with van der Waals surface area (Å²) in [6.07, 6.45) is 4.24. The molecule has 0 saturated carbocycles. The molecular weight excluding hydrogens is 304 g/mol. The zero-order valence-electron chi connectivity index (χ0n) is 14.7. The van der Waals surface area contributed by atoms with Crippen LogP contribution in [0.15, 0.2) is 67.3 Å². The molecule has 1 aliphatic heterocycles. The van der Waals surface area contributed by atoms with Crippen molar-refractivity contribution >= 4 is 21.5 Å². The van der Waals surface area contributed by atoms with E-state index < -0.39 is 0 Å². The monoisotopic (exact) mass is 330 g/mol. The quantitative estimate of drug-likeness (QED) is 0.528. The van der Waals surface area contributed by atoms with E-state index in [0.29, 0.717) is 6.04 Å². The van der Waals surface area contributed by atoms with E-state index in [0.717, 1.165) is 39.0 Å². The highest BCUT2D eigenvalue weighted by atomic mass is 15.2. The van der Waals surface area contributed by atoms with Crippen LogP contribution in [0.2, 0.25) is 0 Å². The normalized spacial score (nSPS) is 17.0. The van der Waals surface area contributed by atoms with E-state index in [4.69, 9.17) is 0 Å². The minimum atomic E-state index is 0.453. The molecule has 1 heterocycles. The first-order chi connectivity index (χ1) is 12.4. The van der Waals surface area contributed by atoms with Crippen molar-refractivity contribution in [1.82, 2.24) is 10.2 Å². The minimum Gasteiger partial charge on any atom is -0.314 e. The van der Waals surface area contributed by atoms with Crippen LogP contribution in [0.3, 0.4) is 0 Å². The summed E-state index contributed by atoms with van der Waals surface area (Å²) in [5, 5.41) is 8.94. The number of rotatable bonds is 5. The summed E-state index contributed by atoms with van der Waals surface area (Å²) in [6, 6.07) is 20.5. The number of fused-ring (bicyclic) bond motifs is 3. The molecule has 2 nitrogen and oxygen atoms in total. The molecule has 0 spiro atoms. The molecule has 128 valence electrons. The molecule has 1 atom stereocenters. The molecule has 1 aliphatic rings. The molecule has 0 radical (unpaired) electrons. The van der Waals surface area contributed by atoms with Gasteiger partial charge in [-0.3, -0.25) is 4.90 Å². The summed E-state index contributed by atoms with van der Waals surface area (Å²) >= 11 is 0. The first kappa shape index (κ1) is 16.3. The van der Waals surface area contributed by atoms with E-state index >= 15 is 0 Å². The van der Waals surface area contributed by atoms with Gasteiger partial charge in [0.15, 0.2) is 0 Å². The zero-order chi connectivity index (χ0) is 17.1. The SMILES string of the molecule is C=CCC[C@@H](c1cc2ccccc2c2ccccc12)N1CCNCC1. The predicted octanol–water partition coefficient (Wildman–Crippen LogP) is 4.91. The van der Waals surface area contributed by atoms with E-state index in [2.05, 4.69) is 77.5 Å². The van der Waals surface area contributed by atoms with Gasteiger partial charge in [-0.1, -0.05) is 54.6 Å². The Hall–Kier alpha value is -2.16. The summed E-state index contributed by atoms with van der Waals surface area (Å²) in [7, 11) is 0. The van der Waals surface area contributed by atoms with Crippen LogP contribution in [0.4, 0.5) is 0 Å². The van der Waals surface area contributed by atoms with Crippen LogP contribution < -0.4 is 5.32 Å². The highest BCUT2D eigenvalue weighted by molar-refractivity contribution is 6.09. The molecule has 0 aliphatic carbocycles. The fourth-order valence-electron chi connectivity index (χ4n) is 4.16. The van der Waals surface area contributed by atoms with Gasteiger partial charge in [0, 0.05) is 32.2 Å².